The number of nitrogens with two attached hydrogens (primary N) is 1. The first-order valence-corrected chi connectivity index (χ1v) is 4.69. The number of rotatable bonds is 2. The second-order valence-electron chi connectivity index (χ2n) is 3.41. The maximum Gasteiger partial charge on any atom is 0.323 e. The highest BCUT2D eigenvalue weighted by Crippen LogP contribution is 2.09. The molecule has 0 radical (unpaired) electrons. The van der Waals surface area contributed by atoms with Crippen molar-refractivity contribution < 1.29 is 4.79 Å². The van der Waals surface area contributed by atoms with Crippen molar-refractivity contribution >= 4 is 12.0 Å². The molecule has 0 bridgehead atoms. The van der Waals surface area contributed by atoms with Gasteiger partial charge in [0.15, 0.2) is 5.96 Å². The number of guanidine groups is 1. The lowest BCUT2D eigenvalue weighted by atomic mass is 10.1. The summed E-state index contributed by atoms with van der Waals surface area (Å²) >= 11 is 0. The molecule has 5 N–H and O–H groups in total. The molecule has 80 valence electrons. The van der Waals surface area contributed by atoms with Gasteiger partial charge in [-0.1, -0.05) is 0 Å². The number of carbonyl (C=O) groups excluding carboxylic acids is 1. The van der Waals surface area contributed by atoms with E-state index < -0.39 is 0 Å². The molecule has 0 saturated carbocycles. The fourth-order valence-electron chi connectivity index (χ4n) is 1.55. The van der Waals surface area contributed by atoms with E-state index in [0.717, 1.165) is 19.5 Å². The van der Waals surface area contributed by atoms with Crippen LogP contribution in [0.15, 0.2) is 0 Å². The zero-order chi connectivity index (χ0) is 10.6. The molecule has 0 aliphatic carbocycles. The molecule has 0 aromatic carbocycles. The molecule has 6 nitrogen and oxygen atoms in total. The van der Waals surface area contributed by atoms with Crippen molar-refractivity contribution in [2.75, 3.05) is 26.7 Å². The molecule has 0 aromatic rings. The Labute approximate surface area is 83.3 Å². The van der Waals surface area contributed by atoms with E-state index in [1.165, 1.54) is 11.9 Å². The summed E-state index contributed by atoms with van der Waals surface area (Å²) in [5.41, 5.74) is 5.32. The Hall–Kier alpha value is -1.30. The summed E-state index contributed by atoms with van der Waals surface area (Å²) in [6, 6.07) is -0.315. The highest BCUT2D eigenvalue weighted by atomic mass is 16.2. The second-order valence-corrected chi connectivity index (χ2v) is 3.41. The summed E-state index contributed by atoms with van der Waals surface area (Å²) in [5, 5.41) is 12.9. The Bertz CT molecular complexity index is 224. The van der Waals surface area contributed by atoms with Gasteiger partial charge < -0.3 is 16.4 Å². The minimum atomic E-state index is -0.315. The van der Waals surface area contributed by atoms with E-state index in [4.69, 9.17) is 11.1 Å². The fraction of sp³-hybridized carbons (Fsp3) is 0.750. The van der Waals surface area contributed by atoms with Crippen molar-refractivity contribution in [2.45, 2.75) is 6.42 Å². The van der Waals surface area contributed by atoms with Gasteiger partial charge in [-0.05, 0) is 25.4 Å². The lowest BCUT2D eigenvalue weighted by Crippen LogP contribution is -2.48. The Balaban J connectivity index is 2.50. The maximum absolute atomic E-state index is 11.3. The zero-order valence-electron chi connectivity index (χ0n) is 8.34. The predicted molar refractivity (Wildman–Crippen MR) is 54.1 cm³/mol. The van der Waals surface area contributed by atoms with Crippen LogP contribution in [0, 0.1) is 11.3 Å². The van der Waals surface area contributed by atoms with Crippen molar-refractivity contribution in [3.05, 3.63) is 0 Å². The highest BCUT2D eigenvalue weighted by Gasteiger charge is 2.22. The number of nitrogens with zero attached hydrogens (tertiary/aromatic N) is 1. The zero-order valence-corrected chi connectivity index (χ0v) is 8.34. The molecular weight excluding hydrogens is 182 g/mol. The van der Waals surface area contributed by atoms with Gasteiger partial charge >= 0.3 is 6.03 Å². The fourth-order valence-corrected chi connectivity index (χ4v) is 1.55. The van der Waals surface area contributed by atoms with E-state index in [1.54, 1.807) is 0 Å². The molecule has 1 heterocycles. The largest absolute Gasteiger partial charge is 0.370 e. The molecule has 0 aromatic heterocycles. The van der Waals surface area contributed by atoms with Crippen LogP contribution in [0.4, 0.5) is 4.79 Å². The lowest BCUT2D eigenvalue weighted by molar-refractivity contribution is 0.217. The van der Waals surface area contributed by atoms with E-state index in [1.807, 2.05) is 0 Å². The monoisotopic (exact) mass is 199 g/mol. The van der Waals surface area contributed by atoms with Crippen molar-refractivity contribution in [2.24, 2.45) is 11.7 Å². The molecule has 1 aliphatic rings. The van der Waals surface area contributed by atoms with Crippen LogP contribution in [0.25, 0.3) is 0 Å². The third-order valence-corrected chi connectivity index (χ3v) is 2.35. The molecule has 1 unspecified atom stereocenters. The van der Waals surface area contributed by atoms with Crippen molar-refractivity contribution in [1.82, 2.24) is 15.5 Å². The Morgan fingerprint density at radius 3 is 2.93 bits per heavy atom. The topological polar surface area (TPSA) is 94.2 Å². The first kappa shape index (κ1) is 10.8. The molecule has 0 spiro atoms. The number of amides is 2. The highest BCUT2D eigenvalue weighted by molar-refractivity contribution is 5.93. The molecule has 2 amide bonds. The van der Waals surface area contributed by atoms with Crippen LogP contribution in [0.5, 0.6) is 0 Å². The van der Waals surface area contributed by atoms with Crippen LogP contribution in [0.3, 0.4) is 0 Å². The van der Waals surface area contributed by atoms with Crippen LogP contribution in [0.1, 0.15) is 6.42 Å². The Morgan fingerprint density at radius 2 is 2.50 bits per heavy atom. The number of urea groups is 1. The van der Waals surface area contributed by atoms with Gasteiger partial charge in [0.05, 0.1) is 0 Å². The van der Waals surface area contributed by atoms with Gasteiger partial charge in [0.1, 0.15) is 0 Å². The molecule has 1 aliphatic heterocycles. The smallest absolute Gasteiger partial charge is 0.323 e. The molecule has 14 heavy (non-hydrogen) atoms. The lowest BCUT2D eigenvalue weighted by Gasteiger charge is -2.22. The first-order valence-electron chi connectivity index (χ1n) is 4.69. The van der Waals surface area contributed by atoms with E-state index in [2.05, 4.69) is 10.6 Å². The molecule has 6 heteroatoms. The summed E-state index contributed by atoms with van der Waals surface area (Å²) in [6.45, 7) is 2.38. The number of nitrogens with one attached hydrogen (secondary N) is 3. The van der Waals surface area contributed by atoms with Crippen molar-refractivity contribution in [3.63, 3.8) is 0 Å². The van der Waals surface area contributed by atoms with Crippen LogP contribution < -0.4 is 16.4 Å². The van der Waals surface area contributed by atoms with Crippen LogP contribution in [0.2, 0.25) is 0 Å². The minimum Gasteiger partial charge on any atom is -0.370 e. The van der Waals surface area contributed by atoms with Crippen molar-refractivity contribution in [1.29, 1.82) is 5.41 Å². The van der Waals surface area contributed by atoms with Crippen molar-refractivity contribution in [3.8, 4) is 0 Å². The normalized spacial score (nSPS) is 20.5. The van der Waals surface area contributed by atoms with Crippen LogP contribution in [-0.2, 0) is 0 Å². The third kappa shape index (κ3) is 2.59. The second kappa shape index (κ2) is 4.80. The number of carbonyl (C=O) groups is 1. The van der Waals surface area contributed by atoms with Gasteiger partial charge in [-0.15, -0.1) is 0 Å². The molecule has 1 atom stereocenters. The molecule has 1 rings (SSSR count). The van der Waals surface area contributed by atoms with Gasteiger partial charge in [0, 0.05) is 13.6 Å². The average molecular weight is 199 g/mol. The standard InChI is InChI=1S/C8H17N5O/c1-11-8(14)13(7(9)10)5-6-2-3-12-4-6/h6,12H,2-5H2,1H3,(H3,9,10)(H,11,14). The summed E-state index contributed by atoms with van der Waals surface area (Å²) in [7, 11) is 1.53. The minimum absolute atomic E-state index is 0.198. The quantitative estimate of drug-likeness (QED) is 0.344. The van der Waals surface area contributed by atoms with Crippen LogP contribution >= 0.6 is 0 Å². The Morgan fingerprint density at radius 1 is 1.79 bits per heavy atom. The predicted octanol–water partition coefficient (Wildman–Crippen LogP) is -0.869. The van der Waals surface area contributed by atoms with Crippen LogP contribution in [-0.4, -0.2) is 43.6 Å². The van der Waals surface area contributed by atoms with E-state index in [-0.39, 0.29) is 12.0 Å². The van der Waals surface area contributed by atoms with E-state index in [9.17, 15) is 4.79 Å². The Kier molecular flexibility index (Phi) is 3.70. The number of hydrogen-bond donors (Lipinski definition) is 4. The summed E-state index contributed by atoms with van der Waals surface area (Å²) in [6.07, 6.45) is 1.03. The molecule has 1 saturated heterocycles. The summed E-state index contributed by atoms with van der Waals surface area (Å²) in [4.78, 5) is 12.6. The van der Waals surface area contributed by atoms with Gasteiger partial charge in [0.25, 0.3) is 0 Å². The van der Waals surface area contributed by atoms with E-state index >= 15 is 0 Å². The maximum atomic E-state index is 11.3. The van der Waals surface area contributed by atoms with E-state index in [0.29, 0.717) is 12.5 Å². The third-order valence-electron chi connectivity index (χ3n) is 2.35. The average Bonchev–Trinajstić information content (AvgIpc) is 2.65. The molecular formula is C8H17N5O. The number of hydrogen-bond acceptors (Lipinski definition) is 3. The van der Waals surface area contributed by atoms with Gasteiger partial charge in [-0.2, -0.15) is 0 Å². The summed E-state index contributed by atoms with van der Waals surface area (Å²) in [5.74, 6) is 0.201. The van der Waals surface area contributed by atoms with Gasteiger partial charge in [0.2, 0.25) is 0 Å². The van der Waals surface area contributed by atoms with Gasteiger partial charge in [-0.25, -0.2) is 4.79 Å². The van der Waals surface area contributed by atoms with Gasteiger partial charge in [-0.3, -0.25) is 10.3 Å². The SMILES string of the molecule is CNC(=O)N(CC1CCNC1)C(=N)N. The first-order chi connectivity index (χ1) is 6.65. The summed E-state index contributed by atoms with van der Waals surface area (Å²) < 4.78 is 0. The molecule has 1 fully saturated rings.